The summed E-state index contributed by atoms with van der Waals surface area (Å²) in [6.45, 7) is 2.78. The lowest BCUT2D eigenvalue weighted by Gasteiger charge is -2.06. The van der Waals surface area contributed by atoms with E-state index in [0.717, 1.165) is 51.4 Å². The van der Waals surface area contributed by atoms with Crippen LogP contribution in [-0.2, 0) is 0 Å². The van der Waals surface area contributed by atoms with Crippen molar-refractivity contribution in [3.05, 3.63) is 90.6 Å². The van der Waals surface area contributed by atoms with Crippen molar-refractivity contribution in [1.82, 2.24) is 15.8 Å². The summed E-state index contributed by atoms with van der Waals surface area (Å²) in [4.78, 5) is 15.2. The Morgan fingerprint density at radius 3 is 2.06 bits per heavy atom. The number of nitrogens with one attached hydrogen (secondary N) is 2. The predicted octanol–water partition coefficient (Wildman–Crippen LogP) is 6.38. The monoisotopic (exact) mass is 425 g/mol. The van der Waals surface area contributed by atoms with Gasteiger partial charge in [0.15, 0.2) is 0 Å². The molecule has 0 aromatic carbocycles. The van der Waals surface area contributed by atoms with Gasteiger partial charge in [0.25, 0.3) is 5.91 Å². The van der Waals surface area contributed by atoms with E-state index in [4.69, 9.17) is 0 Å². The fourth-order valence-electron chi connectivity index (χ4n) is 2.61. The second kappa shape index (κ2) is 19.2. The number of allylic oxidation sites excluding steroid dienone is 10. The normalized spacial score (nSPS) is 12.3. The van der Waals surface area contributed by atoms with Crippen molar-refractivity contribution >= 4 is 5.91 Å². The van der Waals surface area contributed by atoms with Crippen molar-refractivity contribution in [3.8, 4) is 0 Å². The number of carbonyl (C=O) groups excluding carboxylic acids is 1. The van der Waals surface area contributed by atoms with Crippen molar-refractivity contribution in [2.24, 2.45) is 0 Å². The van der Waals surface area contributed by atoms with Crippen molar-refractivity contribution in [3.63, 3.8) is 0 Å². The molecular formula is C26H36FN3O. The Hall–Kier alpha value is -2.79. The molecule has 0 fully saturated rings. The van der Waals surface area contributed by atoms with Gasteiger partial charge in [-0.05, 0) is 63.5 Å². The molecule has 0 saturated carbocycles. The quantitative estimate of drug-likeness (QED) is 0.140. The number of unbranched alkanes of at least 4 members (excludes halogenated alkanes) is 2. The van der Waals surface area contributed by atoms with Crippen LogP contribution in [0.3, 0.4) is 0 Å². The Labute approximate surface area is 186 Å². The van der Waals surface area contributed by atoms with Crippen LogP contribution in [0.4, 0.5) is 4.39 Å². The van der Waals surface area contributed by atoms with Crippen LogP contribution in [-0.4, -0.2) is 17.4 Å². The summed E-state index contributed by atoms with van der Waals surface area (Å²) in [6.07, 6.45) is 31.2. The van der Waals surface area contributed by atoms with Crippen LogP contribution in [0.25, 0.3) is 0 Å². The van der Waals surface area contributed by atoms with Crippen LogP contribution in [0.2, 0.25) is 0 Å². The number of hydrogen-bond donors (Lipinski definition) is 2. The van der Waals surface area contributed by atoms with Gasteiger partial charge in [-0.15, -0.1) is 0 Å². The first-order chi connectivity index (χ1) is 15.3. The minimum atomic E-state index is -0.764. The zero-order valence-corrected chi connectivity index (χ0v) is 18.6. The highest BCUT2D eigenvalue weighted by Gasteiger charge is 2.10. The van der Waals surface area contributed by atoms with Gasteiger partial charge in [-0.25, -0.2) is 10.4 Å². The van der Waals surface area contributed by atoms with Crippen LogP contribution in [0.5, 0.6) is 0 Å². The SMILES string of the molecule is CC/C=C\C/C=C\C/C=C\C/C=C\C/C=C\CCCCNNC(=O)c1cccnc1F. The highest BCUT2D eigenvalue weighted by Crippen LogP contribution is 2.02. The number of hydrogen-bond acceptors (Lipinski definition) is 3. The topological polar surface area (TPSA) is 54.0 Å². The van der Waals surface area contributed by atoms with E-state index < -0.39 is 11.9 Å². The largest absolute Gasteiger partial charge is 0.287 e. The first-order valence-corrected chi connectivity index (χ1v) is 11.1. The highest BCUT2D eigenvalue weighted by atomic mass is 19.1. The molecule has 0 bridgehead atoms. The van der Waals surface area contributed by atoms with E-state index in [1.54, 1.807) is 0 Å². The van der Waals surface area contributed by atoms with Gasteiger partial charge < -0.3 is 0 Å². The first-order valence-electron chi connectivity index (χ1n) is 11.1. The summed E-state index contributed by atoms with van der Waals surface area (Å²) in [6, 6.07) is 2.93. The zero-order valence-electron chi connectivity index (χ0n) is 18.6. The fraction of sp³-hybridized carbons (Fsp3) is 0.385. The zero-order chi connectivity index (χ0) is 22.4. The molecule has 1 aromatic rings. The molecule has 0 aliphatic carbocycles. The van der Waals surface area contributed by atoms with E-state index in [1.807, 2.05) is 0 Å². The van der Waals surface area contributed by atoms with Gasteiger partial charge in [-0.2, -0.15) is 4.39 Å². The third-order valence-electron chi connectivity index (χ3n) is 4.29. The fourth-order valence-corrected chi connectivity index (χ4v) is 2.61. The first kappa shape index (κ1) is 26.2. The molecule has 31 heavy (non-hydrogen) atoms. The number of carbonyl (C=O) groups is 1. The Balaban J connectivity index is 1.95. The average molecular weight is 426 g/mol. The Kier molecular flexibility index (Phi) is 16.2. The molecule has 0 aliphatic heterocycles. The van der Waals surface area contributed by atoms with E-state index in [0.29, 0.717) is 6.54 Å². The minimum absolute atomic E-state index is 0.0613. The third kappa shape index (κ3) is 14.8. The summed E-state index contributed by atoms with van der Waals surface area (Å²) < 4.78 is 13.4. The summed E-state index contributed by atoms with van der Waals surface area (Å²) in [5.74, 6) is -1.27. The van der Waals surface area contributed by atoms with E-state index in [1.165, 1.54) is 18.3 Å². The number of hydrazine groups is 1. The molecule has 4 nitrogen and oxygen atoms in total. The molecule has 2 N–H and O–H groups in total. The molecule has 0 atom stereocenters. The molecule has 1 heterocycles. The lowest BCUT2D eigenvalue weighted by molar-refractivity contribution is 0.0928. The van der Waals surface area contributed by atoms with Crippen molar-refractivity contribution < 1.29 is 9.18 Å². The summed E-state index contributed by atoms with van der Waals surface area (Å²) in [7, 11) is 0. The van der Waals surface area contributed by atoms with Gasteiger partial charge in [-0.1, -0.05) is 67.7 Å². The van der Waals surface area contributed by atoms with Crippen LogP contribution < -0.4 is 10.9 Å². The Morgan fingerprint density at radius 1 is 0.903 bits per heavy atom. The molecule has 0 aliphatic rings. The van der Waals surface area contributed by atoms with Crippen LogP contribution >= 0.6 is 0 Å². The standard InChI is InChI=1S/C26H36FN3O/c1-2-3-4-5-6-7-8-9-10-11-12-13-14-15-16-17-18-19-23-29-30-26(31)24-21-20-22-28-25(24)27/h3-4,6-7,9-10,12-13,15-16,20-22,29H,2,5,8,11,14,17-19,23H2,1H3,(H,30,31)/b4-3-,7-6-,10-9-,13-12-,16-15-. The van der Waals surface area contributed by atoms with Crippen molar-refractivity contribution in [2.45, 2.75) is 58.3 Å². The highest BCUT2D eigenvalue weighted by molar-refractivity contribution is 5.93. The summed E-state index contributed by atoms with van der Waals surface area (Å²) in [5, 5.41) is 0. The molecule has 5 heteroatoms. The Bertz CT molecular complexity index is 751. The maximum absolute atomic E-state index is 13.4. The molecule has 1 rings (SSSR count). The van der Waals surface area contributed by atoms with Crippen molar-refractivity contribution in [1.29, 1.82) is 0 Å². The molecule has 168 valence electrons. The molecular weight excluding hydrogens is 389 g/mol. The number of aromatic nitrogens is 1. The number of rotatable bonds is 16. The van der Waals surface area contributed by atoms with Crippen LogP contribution in [0.15, 0.2) is 79.1 Å². The number of amides is 1. The number of halogens is 1. The molecule has 1 amide bonds. The molecule has 1 aromatic heterocycles. The maximum atomic E-state index is 13.4. The summed E-state index contributed by atoms with van der Waals surface area (Å²) >= 11 is 0. The number of nitrogens with zero attached hydrogens (tertiary/aromatic N) is 1. The molecule has 0 saturated heterocycles. The summed E-state index contributed by atoms with van der Waals surface area (Å²) in [5.41, 5.74) is 5.25. The van der Waals surface area contributed by atoms with Gasteiger partial charge >= 0.3 is 0 Å². The lowest BCUT2D eigenvalue weighted by Crippen LogP contribution is -2.38. The number of pyridine rings is 1. The van der Waals surface area contributed by atoms with E-state index in [-0.39, 0.29) is 5.56 Å². The van der Waals surface area contributed by atoms with Gasteiger partial charge in [0.1, 0.15) is 0 Å². The molecule has 0 radical (unpaired) electrons. The third-order valence-corrected chi connectivity index (χ3v) is 4.29. The average Bonchev–Trinajstić information content (AvgIpc) is 2.78. The maximum Gasteiger partial charge on any atom is 0.270 e. The van der Waals surface area contributed by atoms with Gasteiger partial charge in [0.05, 0.1) is 5.56 Å². The predicted molar refractivity (Wildman–Crippen MR) is 128 cm³/mol. The second-order valence-corrected chi connectivity index (χ2v) is 6.93. The van der Waals surface area contributed by atoms with E-state index in [9.17, 15) is 9.18 Å². The van der Waals surface area contributed by atoms with E-state index >= 15 is 0 Å². The van der Waals surface area contributed by atoms with E-state index in [2.05, 4.69) is 83.5 Å². The molecule has 0 spiro atoms. The van der Waals surface area contributed by atoms with Crippen molar-refractivity contribution in [2.75, 3.05) is 6.54 Å². The van der Waals surface area contributed by atoms with Gasteiger partial charge in [-0.3, -0.25) is 10.2 Å². The Morgan fingerprint density at radius 2 is 1.48 bits per heavy atom. The smallest absolute Gasteiger partial charge is 0.270 e. The second-order valence-electron chi connectivity index (χ2n) is 6.93. The minimum Gasteiger partial charge on any atom is -0.287 e. The molecule has 0 unspecified atom stereocenters. The lowest BCUT2D eigenvalue weighted by atomic mass is 10.2. The van der Waals surface area contributed by atoms with Crippen LogP contribution in [0.1, 0.15) is 68.6 Å². The van der Waals surface area contributed by atoms with Crippen LogP contribution in [0, 0.1) is 5.95 Å². The van der Waals surface area contributed by atoms with Gasteiger partial charge in [0.2, 0.25) is 5.95 Å². The van der Waals surface area contributed by atoms with Gasteiger partial charge in [0, 0.05) is 12.7 Å².